The molecule has 0 radical (unpaired) electrons. The van der Waals surface area contributed by atoms with Crippen molar-refractivity contribution >= 4 is 5.97 Å². The summed E-state index contributed by atoms with van der Waals surface area (Å²) in [5.74, 6) is -2.15. The molecule has 1 aromatic rings. The Balaban J connectivity index is 2.36. The summed E-state index contributed by atoms with van der Waals surface area (Å²) >= 11 is 0. The maximum absolute atomic E-state index is 13.1. The zero-order chi connectivity index (χ0) is 10.1. The molecule has 0 bridgehead atoms. The van der Waals surface area contributed by atoms with Crippen molar-refractivity contribution in [3.05, 3.63) is 23.8 Å². The number of carboxylic acids is 1. The Kier molecular flexibility index (Phi) is 2.07. The number of hydrogen-bond donors (Lipinski definition) is 1. The van der Waals surface area contributed by atoms with Gasteiger partial charge in [0.1, 0.15) is 5.56 Å². The van der Waals surface area contributed by atoms with Gasteiger partial charge in [-0.1, -0.05) is 0 Å². The largest absolute Gasteiger partial charge is 0.486 e. The minimum absolute atomic E-state index is 0.0370. The van der Waals surface area contributed by atoms with Gasteiger partial charge in [0.25, 0.3) is 0 Å². The lowest BCUT2D eigenvalue weighted by Gasteiger charge is -2.07. The van der Waals surface area contributed by atoms with E-state index in [0.29, 0.717) is 0 Å². The summed E-state index contributed by atoms with van der Waals surface area (Å²) in [7, 11) is 0. The number of aromatic nitrogens is 1. The first-order chi connectivity index (χ1) is 6.68. The SMILES string of the molecule is O=C(O)c1cncc(F)c1OC1CC1. The molecule has 1 heterocycles. The molecule has 5 heteroatoms. The summed E-state index contributed by atoms with van der Waals surface area (Å²) in [6.07, 6.45) is 3.69. The highest BCUT2D eigenvalue weighted by Crippen LogP contribution is 2.30. The van der Waals surface area contributed by atoms with E-state index in [9.17, 15) is 9.18 Å². The smallest absolute Gasteiger partial charge is 0.341 e. The third-order valence-corrected chi connectivity index (χ3v) is 1.89. The van der Waals surface area contributed by atoms with Crippen LogP contribution in [-0.4, -0.2) is 22.2 Å². The zero-order valence-electron chi connectivity index (χ0n) is 7.24. The van der Waals surface area contributed by atoms with Crippen molar-refractivity contribution in [3.63, 3.8) is 0 Å². The highest BCUT2D eigenvalue weighted by atomic mass is 19.1. The van der Waals surface area contributed by atoms with E-state index in [1.807, 2.05) is 0 Å². The molecule has 1 aliphatic carbocycles. The van der Waals surface area contributed by atoms with Gasteiger partial charge in [0.2, 0.25) is 0 Å². The fourth-order valence-corrected chi connectivity index (χ4v) is 1.05. The van der Waals surface area contributed by atoms with E-state index in [0.717, 1.165) is 25.2 Å². The first kappa shape index (κ1) is 8.93. The molecule has 1 saturated carbocycles. The van der Waals surface area contributed by atoms with Crippen LogP contribution in [0.15, 0.2) is 12.4 Å². The van der Waals surface area contributed by atoms with Crippen LogP contribution in [0.3, 0.4) is 0 Å². The Morgan fingerprint density at radius 2 is 2.29 bits per heavy atom. The number of hydrogen-bond acceptors (Lipinski definition) is 3. The summed E-state index contributed by atoms with van der Waals surface area (Å²) in [5.41, 5.74) is -0.225. The Labute approximate surface area is 79.3 Å². The molecule has 0 amide bonds. The van der Waals surface area contributed by atoms with Gasteiger partial charge in [-0.05, 0) is 12.8 Å². The number of pyridine rings is 1. The lowest BCUT2D eigenvalue weighted by molar-refractivity contribution is 0.0690. The van der Waals surface area contributed by atoms with Crippen LogP contribution in [0.2, 0.25) is 0 Å². The number of ether oxygens (including phenoxy) is 1. The van der Waals surface area contributed by atoms with Crippen LogP contribution in [0.5, 0.6) is 5.75 Å². The van der Waals surface area contributed by atoms with Crippen molar-refractivity contribution in [3.8, 4) is 5.75 Å². The maximum Gasteiger partial charge on any atom is 0.341 e. The molecule has 4 nitrogen and oxygen atoms in total. The Bertz CT molecular complexity index is 376. The van der Waals surface area contributed by atoms with E-state index in [2.05, 4.69) is 4.98 Å². The number of carbonyl (C=O) groups is 1. The van der Waals surface area contributed by atoms with E-state index >= 15 is 0 Å². The predicted octanol–water partition coefficient (Wildman–Crippen LogP) is 1.46. The molecule has 1 aliphatic rings. The first-order valence-corrected chi connectivity index (χ1v) is 4.22. The maximum atomic E-state index is 13.1. The van der Waals surface area contributed by atoms with Crippen molar-refractivity contribution in [1.82, 2.24) is 4.98 Å². The second-order valence-electron chi connectivity index (χ2n) is 3.12. The Hall–Kier alpha value is -1.65. The number of rotatable bonds is 3. The third-order valence-electron chi connectivity index (χ3n) is 1.89. The van der Waals surface area contributed by atoms with Crippen molar-refractivity contribution in [2.24, 2.45) is 0 Å². The van der Waals surface area contributed by atoms with Gasteiger partial charge >= 0.3 is 5.97 Å². The molecule has 0 saturated heterocycles. The molecular weight excluding hydrogens is 189 g/mol. The van der Waals surface area contributed by atoms with E-state index in [-0.39, 0.29) is 17.4 Å². The molecule has 0 aliphatic heterocycles. The van der Waals surface area contributed by atoms with E-state index < -0.39 is 11.8 Å². The standard InChI is InChI=1S/C9H8FNO3/c10-7-4-11-3-6(9(12)13)8(7)14-5-1-2-5/h3-5H,1-2H2,(H,12,13). The molecule has 14 heavy (non-hydrogen) atoms. The van der Waals surface area contributed by atoms with Gasteiger partial charge < -0.3 is 9.84 Å². The molecule has 1 N–H and O–H groups in total. The van der Waals surface area contributed by atoms with Crippen LogP contribution in [0, 0.1) is 5.82 Å². The Morgan fingerprint density at radius 1 is 1.57 bits per heavy atom. The number of carboxylic acid groups (broad SMARTS) is 1. The molecule has 0 spiro atoms. The number of halogens is 1. The molecule has 0 unspecified atom stereocenters. The van der Waals surface area contributed by atoms with Gasteiger partial charge in [0.15, 0.2) is 11.6 Å². The van der Waals surface area contributed by atoms with Gasteiger partial charge in [0.05, 0.1) is 12.3 Å². The predicted molar refractivity (Wildman–Crippen MR) is 44.8 cm³/mol. The van der Waals surface area contributed by atoms with E-state index in [1.54, 1.807) is 0 Å². The number of aromatic carboxylic acids is 1. The lowest BCUT2D eigenvalue weighted by Crippen LogP contribution is -2.07. The zero-order valence-corrected chi connectivity index (χ0v) is 7.24. The lowest BCUT2D eigenvalue weighted by atomic mass is 10.2. The molecule has 0 atom stereocenters. The summed E-state index contributed by atoms with van der Waals surface area (Å²) in [5, 5.41) is 8.74. The van der Waals surface area contributed by atoms with Crippen LogP contribution in [0.1, 0.15) is 23.2 Å². The van der Waals surface area contributed by atoms with E-state index in [4.69, 9.17) is 9.84 Å². The topological polar surface area (TPSA) is 59.4 Å². The van der Waals surface area contributed by atoms with Crippen molar-refractivity contribution in [2.45, 2.75) is 18.9 Å². The van der Waals surface area contributed by atoms with E-state index in [1.165, 1.54) is 0 Å². The van der Waals surface area contributed by atoms with Gasteiger partial charge in [-0.3, -0.25) is 4.98 Å². The quantitative estimate of drug-likeness (QED) is 0.796. The molecular formula is C9H8FNO3. The van der Waals surface area contributed by atoms with Gasteiger partial charge in [-0.2, -0.15) is 0 Å². The first-order valence-electron chi connectivity index (χ1n) is 4.22. The third kappa shape index (κ3) is 1.66. The van der Waals surface area contributed by atoms with Gasteiger partial charge in [-0.15, -0.1) is 0 Å². The van der Waals surface area contributed by atoms with Crippen LogP contribution in [-0.2, 0) is 0 Å². The number of nitrogens with zero attached hydrogens (tertiary/aromatic N) is 1. The minimum Gasteiger partial charge on any atom is -0.486 e. The van der Waals surface area contributed by atoms with Crippen molar-refractivity contribution in [1.29, 1.82) is 0 Å². The average molecular weight is 197 g/mol. The highest BCUT2D eigenvalue weighted by Gasteiger charge is 2.27. The van der Waals surface area contributed by atoms with Crippen LogP contribution < -0.4 is 4.74 Å². The fraction of sp³-hybridized carbons (Fsp3) is 0.333. The summed E-state index contributed by atoms with van der Waals surface area (Å²) in [4.78, 5) is 14.1. The van der Waals surface area contributed by atoms with Crippen LogP contribution >= 0.6 is 0 Å². The summed E-state index contributed by atoms with van der Waals surface area (Å²) < 4.78 is 18.3. The molecule has 1 fully saturated rings. The van der Waals surface area contributed by atoms with Crippen LogP contribution in [0.25, 0.3) is 0 Å². The second-order valence-corrected chi connectivity index (χ2v) is 3.12. The van der Waals surface area contributed by atoms with Gasteiger partial charge in [-0.25, -0.2) is 9.18 Å². The molecule has 74 valence electrons. The minimum atomic E-state index is -1.23. The Morgan fingerprint density at radius 3 is 2.86 bits per heavy atom. The molecule has 1 aromatic heterocycles. The van der Waals surface area contributed by atoms with Crippen molar-refractivity contribution < 1.29 is 19.0 Å². The fourth-order valence-electron chi connectivity index (χ4n) is 1.05. The highest BCUT2D eigenvalue weighted by molar-refractivity contribution is 5.90. The normalized spacial score (nSPS) is 15.2. The summed E-state index contributed by atoms with van der Waals surface area (Å²) in [6.45, 7) is 0. The monoisotopic (exact) mass is 197 g/mol. The average Bonchev–Trinajstić information content (AvgIpc) is 2.91. The molecule has 2 rings (SSSR count). The second kappa shape index (κ2) is 3.25. The van der Waals surface area contributed by atoms with Crippen molar-refractivity contribution in [2.75, 3.05) is 0 Å². The summed E-state index contributed by atoms with van der Waals surface area (Å²) in [6, 6.07) is 0. The van der Waals surface area contributed by atoms with Gasteiger partial charge in [0, 0.05) is 6.20 Å². The van der Waals surface area contributed by atoms with Crippen LogP contribution in [0.4, 0.5) is 4.39 Å². The molecule has 0 aromatic carbocycles.